The predicted molar refractivity (Wildman–Crippen MR) is 140 cm³/mol. The molecule has 0 N–H and O–H groups in total. The number of pyridine rings is 1. The molecule has 0 spiro atoms. The first-order valence-electron chi connectivity index (χ1n) is 10.8. The third-order valence-corrected chi connectivity index (χ3v) is 5.94. The average molecular weight is 517 g/mol. The van der Waals surface area contributed by atoms with E-state index in [0.717, 1.165) is 5.56 Å². The third-order valence-electron chi connectivity index (χ3n) is 5.38. The van der Waals surface area contributed by atoms with Gasteiger partial charge in [-0.2, -0.15) is 5.10 Å². The lowest BCUT2D eigenvalue weighted by Gasteiger charge is -2.18. The summed E-state index contributed by atoms with van der Waals surface area (Å²) >= 11 is 12.6. The molecule has 0 bridgehead atoms. The van der Waals surface area contributed by atoms with Gasteiger partial charge in [-0.3, -0.25) is 9.36 Å². The molecule has 0 aliphatic rings. The second kappa shape index (κ2) is 10.2. The molecule has 2 aromatic heterocycles. The molecule has 0 atom stereocenters. The van der Waals surface area contributed by atoms with Crippen LogP contribution in [0.25, 0.3) is 22.6 Å². The minimum atomic E-state index is -0.315. The maximum absolute atomic E-state index is 13.6. The molecule has 0 aliphatic heterocycles. The largest absolute Gasteiger partial charge is 0.497 e. The van der Waals surface area contributed by atoms with E-state index >= 15 is 0 Å². The van der Waals surface area contributed by atoms with Crippen molar-refractivity contribution in [1.82, 2.24) is 19.3 Å². The normalized spacial score (nSPS) is 11.2. The molecular weight excluding hydrogens is 499 g/mol. The van der Waals surface area contributed by atoms with Gasteiger partial charge < -0.3 is 4.74 Å². The van der Waals surface area contributed by atoms with Crippen molar-refractivity contribution in [2.45, 2.75) is 0 Å². The molecule has 36 heavy (non-hydrogen) atoms. The molecule has 0 unspecified atom stereocenters. The van der Waals surface area contributed by atoms with E-state index in [0.29, 0.717) is 44.2 Å². The smallest absolute Gasteiger partial charge is 0.257 e. The van der Waals surface area contributed by atoms with E-state index in [1.54, 1.807) is 43.5 Å². The van der Waals surface area contributed by atoms with Crippen molar-refractivity contribution in [3.63, 3.8) is 0 Å². The zero-order chi connectivity index (χ0) is 25.1. The number of aromatic nitrogens is 4. The third kappa shape index (κ3) is 4.64. The van der Waals surface area contributed by atoms with Crippen LogP contribution in [-0.4, -0.2) is 26.4 Å². The number of azo groups is 1. The summed E-state index contributed by atoms with van der Waals surface area (Å²) in [4.78, 5) is 17.7. The topological polar surface area (TPSA) is 86.7 Å². The number of hydrogen-bond donors (Lipinski definition) is 0. The van der Waals surface area contributed by atoms with E-state index in [2.05, 4.69) is 20.3 Å². The van der Waals surface area contributed by atoms with Crippen molar-refractivity contribution in [3.8, 4) is 28.4 Å². The molecule has 3 aromatic carbocycles. The van der Waals surface area contributed by atoms with Gasteiger partial charge in [0.05, 0.1) is 17.8 Å². The number of methoxy groups -OCH3 is 1. The lowest BCUT2D eigenvalue weighted by molar-refractivity contribution is 0.415. The van der Waals surface area contributed by atoms with E-state index in [9.17, 15) is 4.79 Å². The number of hydrogen-bond acceptors (Lipinski definition) is 6. The van der Waals surface area contributed by atoms with Gasteiger partial charge in [0.1, 0.15) is 29.8 Å². The van der Waals surface area contributed by atoms with E-state index in [1.165, 1.54) is 28.0 Å². The molecule has 0 radical (unpaired) electrons. The predicted octanol–water partition coefficient (Wildman–Crippen LogP) is 6.82. The lowest BCUT2D eigenvalue weighted by atomic mass is 10.0. The first kappa shape index (κ1) is 23.5. The van der Waals surface area contributed by atoms with Gasteiger partial charge in [-0.15, -0.1) is 10.2 Å². The SMILES string of the molecule is COc1ccc(-c2cc(=O)n(-c3cccc(Cl)c3)c(-n3cncn3)c2N=Nc2ccccc2Cl)cc1. The number of nitrogens with zero attached hydrogens (tertiary/aromatic N) is 6. The Hall–Kier alpha value is -4.27. The van der Waals surface area contributed by atoms with Gasteiger partial charge in [-0.1, -0.05) is 53.5 Å². The van der Waals surface area contributed by atoms with E-state index in [1.807, 2.05) is 36.4 Å². The molecule has 0 saturated carbocycles. The summed E-state index contributed by atoms with van der Waals surface area (Å²) in [5.74, 6) is 1.02. The fraction of sp³-hybridized carbons (Fsp3) is 0.0385. The van der Waals surface area contributed by atoms with Gasteiger partial charge in [0, 0.05) is 16.7 Å². The Morgan fingerprint density at radius 3 is 2.42 bits per heavy atom. The van der Waals surface area contributed by atoms with Crippen molar-refractivity contribution in [3.05, 3.63) is 112 Å². The van der Waals surface area contributed by atoms with Crippen LogP contribution in [0.5, 0.6) is 5.75 Å². The fourth-order valence-corrected chi connectivity index (χ4v) is 4.06. The van der Waals surface area contributed by atoms with Crippen LogP contribution in [0.1, 0.15) is 0 Å². The second-order valence-corrected chi connectivity index (χ2v) is 8.45. The molecule has 0 aliphatic carbocycles. The molecule has 2 heterocycles. The average Bonchev–Trinajstić information content (AvgIpc) is 3.43. The first-order chi connectivity index (χ1) is 17.5. The minimum absolute atomic E-state index is 0.315. The van der Waals surface area contributed by atoms with Crippen molar-refractivity contribution < 1.29 is 4.74 Å². The minimum Gasteiger partial charge on any atom is -0.497 e. The Bertz CT molecular complexity index is 1610. The van der Waals surface area contributed by atoms with Crippen LogP contribution in [0.15, 0.2) is 107 Å². The highest BCUT2D eigenvalue weighted by Gasteiger charge is 2.21. The van der Waals surface area contributed by atoms with Gasteiger partial charge in [0.15, 0.2) is 5.82 Å². The van der Waals surface area contributed by atoms with Crippen molar-refractivity contribution >= 4 is 34.6 Å². The monoisotopic (exact) mass is 516 g/mol. The van der Waals surface area contributed by atoms with Gasteiger partial charge in [-0.25, -0.2) is 9.67 Å². The summed E-state index contributed by atoms with van der Waals surface area (Å²) in [7, 11) is 1.59. The van der Waals surface area contributed by atoms with E-state index in [4.69, 9.17) is 27.9 Å². The Kier molecular flexibility index (Phi) is 6.62. The molecule has 0 fully saturated rings. The Morgan fingerprint density at radius 2 is 1.72 bits per heavy atom. The molecular formula is C26H18Cl2N6O2. The van der Waals surface area contributed by atoms with Crippen molar-refractivity contribution in [2.24, 2.45) is 10.2 Å². The maximum atomic E-state index is 13.6. The maximum Gasteiger partial charge on any atom is 0.257 e. The highest BCUT2D eigenvalue weighted by molar-refractivity contribution is 6.33. The number of ether oxygens (including phenoxy) is 1. The molecule has 5 rings (SSSR count). The van der Waals surface area contributed by atoms with Crippen LogP contribution >= 0.6 is 23.2 Å². The number of halogens is 2. The van der Waals surface area contributed by atoms with Crippen LogP contribution in [0.3, 0.4) is 0 Å². The van der Waals surface area contributed by atoms with E-state index < -0.39 is 0 Å². The summed E-state index contributed by atoms with van der Waals surface area (Å²) in [6, 6.07) is 22.9. The molecule has 0 saturated heterocycles. The number of benzene rings is 3. The Morgan fingerprint density at radius 1 is 0.917 bits per heavy atom. The number of rotatable bonds is 6. The van der Waals surface area contributed by atoms with Crippen LogP contribution in [0, 0.1) is 0 Å². The summed E-state index contributed by atoms with van der Waals surface area (Å²) in [6.45, 7) is 0. The highest BCUT2D eigenvalue weighted by Crippen LogP contribution is 2.38. The van der Waals surface area contributed by atoms with E-state index in [-0.39, 0.29) is 5.56 Å². The second-order valence-electron chi connectivity index (χ2n) is 7.60. The molecule has 178 valence electrons. The van der Waals surface area contributed by atoms with Crippen LogP contribution in [0.4, 0.5) is 11.4 Å². The Labute approximate surface area is 216 Å². The van der Waals surface area contributed by atoms with Crippen LogP contribution in [-0.2, 0) is 0 Å². The summed E-state index contributed by atoms with van der Waals surface area (Å²) in [6.07, 6.45) is 2.87. The zero-order valence-electron chi connectivity index (χ0n) is 18.9. The fourth-order valence-electron chi connectivity index (χ4n) is 3.71. The van der Waals surface area contributed by atoms with Gasteiger partial charge in [0.2, 0.25) is 0 Å². The lowest BCUT2D eigenvalue weighted by Crippen LogP contribution is -2.23. The summed E-state index contributed by atoms with van der Waals surface area (Å²) in [5.41, 5.74) is 2.36. The van der Waals surface area contributed by atoms with Crippen LogP contribution < -0.4 is 10.3 Å². The van der Waals surface area contributed by atoms with Gasteiger partial charge in [-0.05, 0) is 48.0 Å². The van der Waals surface area contributed by atoms with Gasteiger partial charge in [0.25, 0.3) is 5.56 Å². The molecule has 8 nitrogen and oxygen atoms in total. The zero-order valence-corrected chi connectivity index (χ0v) is 20.4. The van der Waals surface area contributed by atoms with Crippen molar-refractivity contribution in [1.29, 1.82) is 0 Å². The quantitative estimate of drug-likeness (QED) is 0.232. The Balaban J connectivity index is 1.85. The van der Waals surface area contributed by atoms with Crippen LogP contribution in [0.2, 0.25) is 10.0 Å². The van der Waals surface area contributed by atoms with Gasteiger partial charge >= 0.3 is 0 Å². The summed E-state index contributed by atoms with van der Waals surface area (Å²) < 4.78 is 8.23. The standard InChI is InChI=1S/C26H18Cl2N6O2/c1-36-20-11-9-17(10-12-20)21-14-24(35)34(19-6-4-5-18(27)13-19)26(33-16-29-15-30-33)25(21)32-31-23-8-3-2-7-22(23)28/h2-16H,1H3. The first-order valence-corrected chi connectivity index (χ1v) is 11.5. The highest BCUT2D eigenvalue weighted by atomic mass is 35.5. The molecule has 10 heteroatoms. The molecule has 5 aromatic rings. The van der Waals surface area contributed by atoms with Crippen molar-refractivity contribution in [2.75, 3.05) is 7.11 Å². The molecule has 0 amide bonds. The summed E-state index contributed by atoms with van der Waals surface area (Å²) in [5, 5.41) is 14.2.